The first-order valence-corrected chi connectivity index (χ1v) is 9.46. The normalized spacial score (nSPS) is 11.3. The molecule has 0 saturated heterocycles. The van der Waals surface area contributed by atoms with E-state index in [0.29, 0.717) is 5.56 Å². The minimum Gasteiger partial charge on any atom is -0.351 e. The van der Waals surface area contributed by atoms with Crippen LogP contribution in [0.15, 0.2) is 42.5 Å². The second-order valence-corrected chi connectivity index (χ2v) is 8.02. The summed E-state index contributed by atoms with van der Waals surface area (Å²) < 4.78 is 37.8. The molecule has 1 amide bonds. The van der Waals surface area contributed by atoms with Crippen LogP contribution in [0.5, 0.6) is 0 Å². The van der Waals surface area contributed by atoms with Gasteiger partial charge < -0.3 is 5.32 Å². The first kappa shape index (κ1) is 18.4. The number of hydrogen-bond acceptors (Lipinski definition) is 3. The van der Waals surface area contributed by atoms with Gasteiger partial charge in [0.2, 0.25) is 0 Å². The molecule has 0 unspecified atom stereocenters. The van der Waals surface area contributed by atoms with Gasteiger partial charge in [-0.25, -0.2) is 12.8 Å². The maximum atomic E-state index is 13.6. The van der Waals surface area contributed by atoms with E-state index in [2.05, 4.69) is 5.32 Å². The SMILES string of the molecule is Cc1ccc(CS(=O)(=O)CCNC(=O)c2c(F)cccc2Cl)cc1. The van der Waals surface area contributed by atoms with E-state index < -0.39 is 21.6 Å². The van der Waals surface area contributed by atoms with Crippen molar-refractivity contribution < 1.29 is 17.6 Å². The molecular formula is C17H17ClFNO3S. The Labute approximate surface area is 145 Å². The number of halogens is 2. The maximum Gasteiger partial charge on any atom is 0.255 e. The summed E-state index contributed by atoms with van der Waals surface area (Å²) in [4.78, 5) is 11.9. The summed E-state index contributed by atoms with van der Waals surface area (Å²) in [6.45, 7) is 1.80. The Morgan fingerprint density at radius 2 is 1.83 bits per heavy atom. The predicted molar refractivity (Wildman–Crippen MR) is 92.4 cm³/mol. The Balaban J connectivity index is 1.93. The molecule has 0 heterocycles. The van der Waals surface area contributed by atoms with Crippen molar-refractivity contribution >= 4 is 27.3 Å². The van der Waals surface area contributed by atoms with Gasteiger partial charge in [0, 0.05) is 6.54 Å². The van der Waals surface area contributed by atoms with E-state index in [9.17, 15) is 17.6 Å². The molecule has 128 valence electrons. The van der Waals surface area contributed by atoms with Crippen LogP contribution >= 0.6 is 11.6 Å². The standard InChI is InChI=1S/C17H17ClFNO3S/c1-12-5-7-13(8-6-12)11-24(22,23)10-9-20-17(21)16-14(18)3-2-4-15(16)19/h2-8H,9-11H2,1H3,(H,20,21). The highest BCUT2D eigenvalue weighted by atomic mass is 35.5. The largest absolute Gasteiger partial charge is 0.351 e. The second-order valence-electron chi connectivity index (χ2n) is 5.43. The topological polar surface area (TPSA) is 63.2 Å². The zero-order valence-electron chi connectivity index (χ0n) is 13.1. The number of rotatable bonds is 6. The number of amides is 1. The zero-order valence-corrected chi connectivity index (χ0v) is 14.6. The fourth-order valence-electron chi connectivity index (χ4n) is 2.13. The summed E-state index contributed by atoms with van der Waals surface area (Å²) in [6.07, 6.45) is 0. The van der Waals surface area contributed by atoms with Crippen molar-refractivity contribution in [1.29, 1.82) is 0 Å². The van der Waals surface area contributed by atoms with Gasteiger partial charge in [-0.3, -0.25) is 4.79 Å². The molecule has 2 aromatic carbocycles. The first-order chi connectivity index (χ1) is 11.3. The third-order valence-corrected chi connectivity index (χ3v) is 5.31. The molecule has 0 spiro atoms. The molecule has 4 nitrogen and oxygen atoms in total. The average Bonchev–Trinajstić information content (AvgIpc) is 2.49. The van der Waals surface area contributed by atoms with Gasteiger partial charge in [0.1, 0.15) is 5.82 Å². The highest BCUT2D eigenvalue weighted by Gasteiger charge is 2.17. The summed E-state index contributed by atoms with van der Waals surface area (Å²) >= 11 is 5.79. The first-order valence-electron chi connectivity index (χ1n) is 7.27. The van der Waals surface area contributed by atoms with E-state index in [1.54, 1.807) is 12.1 Å². The number of aryl methyl sites for hydroxylation is 1. The molecule has 0 bridgehead atoms. The Bertz CT molecular complexity index is 815. The van der Waals surface area contributed by atoms with Crippen LogP contribution < -0.4 is 5.32 Å². The molecule has 0 aliphatic rings. The molecule has 0 saturated carbocycles. The third-order valence-electron chi connectivity index (χ3n) is 3.40. The van der Waals surface area contributed by atoms with Gasteiger partial charge in [-0.15, -0.1) is 0 Å². The second kappa shape index (κ2) is 7.77. The average molecular weight is 370 g/mol. The Kier molecular flexibility index (Phi) is 5.96. The summed E-state index contributed by atoms with van der Waals surface area (Å²) in [5.74, 6) is -1.83. The molecule has 0 aliphatic heterocycles. The van der Waals surface area contributed by atoms with Gasteiger partial charge in [0.15, 0.2) is 9.84 Å². The van der Waals surface area contributed by atoms with E-state index in [1.807, 2.05) is 19.1 Å². The number of carbonyl (C=O) groups is 1. The number of carbonyl (C=O) groups excluding carboxylic acids is 1. The molecular weight excluding hydrogens is 353 g/mol. The molecule has 0 aliphatic carbocycles. The smallest absolute Gasteiger partial charge is 0.255 e. The fourth-order valence-corrected chi connectivity index (χ4v) is 3.64. The summed E-state index contributed by atoms with van der Waals surface area (Å²) in [7, 11) is -3.39. The van der Waals surface area contributed by atoms with E-state index in [-0.39, 0.29) is 28.6 Å². The van der Waals surface area contributed by atoms with Crippen molar-refractivity contribution in [1.82, 2.24) is 5.32 Å². The summed E-state index contributed by atoms with van der Waals surface area (Å²) in [5.41, 5.74) is 1.45. The van der Waals surface area contributed by atoms with E-state index >= 15 is 0 Å². The molecule has 0 aromatic heterocycles. The molecule has 2 aromatic rings. The monoisotopic (exact) mass is 369 g/mol. The Morgan fingerprint density at radius 3 is 2.46 bits per heavy atom. The highest BCUT2D eigenvalue weighted by Crippen LogP contribution is 2.18. The maximum absolute atomic E-state index is 13.6. The summed E-state index contributed by atoms with van der Waals surface area (Å²) in [6, 6.07) is 11.1. The number of hydrogen-bond donors (Lipinski definition) is 1. The van der Waals surface area contributed by atoms with Gasteiger partial charge in [0.25, 0.3) is 5.91 Å². The molecule has 2 rings (SSSR count). The van der Waals surface area contributed by atoms with Crippen molar-refractivity contribution in [2.24, 2.45) is 0 Å². The third kappa shape index (κ3) is 5.04. The zero-order chi connectivity index (χ0) is 17.7. The van der Waals surface area contributed by atoms with Crippen molar-refractivity contribution in [3.8, 4) is 0 Å². The fraction of sp³-hybridized carbons (Fsp3) is 0.235. The van der Waals surface area contributed by atoms with Crippen LogP contribution in [0.4, 0.5) is 4.39 Å². The minimum absolute atomic E-state index is 0.0185. The van der Waals surface area contributed by atoms with Crippen molar-refractivity contribution in [3.05, 3.63) is 70.0 Å². The lowest BCUT2D eigenvalue weighted by Gasteiger charge is -2.08. The van der Waals surface area contributed by atoms with Crippen molar-refractivity contribution in [2.45, 2.75) is 12.7 Å². The molecule has 24 heavy (non-hydrogen) atoms. The lowest BCUT2D eigenvalue weighted by Crippen LogP contribution is -2.30. The van der Waals surface area contributed by atoms with E-state index in [0.717, 1.165) is 11.6 Å². The van der Waals surface area contributed by atoms with Crippen LogP contribution in [0.25, 0.3) is 0 Å². The van der Waals surface area contributed by atoms with E-state index in [4.69, 9.17) is 11.6 Å². The number of sulfone groups is 1. The van der Waals surface area contributed by atoms with Crippen LogP contribution in [-0.2, 0) is 15.6 Å². The van der Waals surface area contributed by atoms with Crippen LogP contribution in [0.1, 0.15) is 21.5 Å². The van der Waals surface area contributed by atoms with Gasteiger partial charge >= 0.3 is 0 Å². The summed E-state index contributed by atoms with van der Waals surface area (Å²) in [5, 5.41) is 2.37. The van der Waals surface area contributed by atoms with Gasteiger partial charge in [-0.05, 0) is 24.6 Å². The van der Waals surface area contributed by atoms with Crippen molar-refractivity contribution in [3.63, 3.8) is 0 Å². The minimum atomic E-state index is -3.39. The predicted octanol–water partition coefficient (Wildman–Crippen LogP) is 3.13. The van der Waals surface area contributed by atoms with Crippen LogP contribution in [-0.4, -0.2) is 26.6 Å². The Hall–Kier alpha value is -1.92. The van der Waals surface area contributed by atoms with Crippen LogP contribution in [0.2, 0.25) is 5.02 Å². The van der Waals surface area contributed by atoms with Crippen LogP contribution in [0.3, 0.4) is 0 Å². The Morgan fingerprint density at radius 1 is 1.17 bits per heavy atom. The molecule has 7 heteroatoms. The van der Waals surface area contributed by atoms with Gasteiger partial charge in [-0.2, -0.15) is 0 Å². The molecule has 0 atom stereocenters. The number of nitrogens with one attached hydrogen (secondary N) is 1. The lowest BCUT2D eigenvalue weighted by atomic mass is 10.2. The van der Waals surface area contributed by atoms with Gasteiger partial charge in [-0.1, -0.05) is 47.5 Å². The molecule has 0 fully saturated rings. The van der Waals surface area contributed by atoms with Crippen molar-refractivity contribution in [2.75, 3.05) is 12.3 Å². The van der Waals surface area contributed by atoms with E-state index in [1.165, 1.54) is 12.1 Å². The number of benzene rings is 2. The quantitative estimate of drug-likeness (QED) is 0.850. The molecule has 1 N–H and O–H groups in total. The van der Waals surface area contributed by atoms with Crippen LogP contribution in [0, 0.1) is 12.7 Å². The lowest BCUT2D eigenvalue weighted by molar-refractivity contribution is 0.0952. The molecule has 0 radical (unpaired) electrons. The highest BCUT2D eigenvalue weighted by molar-refractivity contribution is 7.90. The van der Waals surface area contributed by atoms with Gasteiger partial charge in [0.05, 0.1) is 22.1 Å².